The molecule has 0 fully saturated rings. The van der Waals surface area contributed by atoms with Crippen LogP contribution in [0.25, 0.3) is 0 Å². The second-order valence-corrected chi connectivity index (χ2v) is 2.86. The molecule has 0 aromatic carbocycles. The topological polar surface area (TPSA) is 25.8 Å². The van der Waals surface area contributed by atoms with Gasteiger partial charge in [0.1, 0.15) is 5.69 Å². The molecule has 2 nitrogen and oxygen atoms in total. The minimum Gasteiger partial charge on any atom is -0.256 e. The van der Waals surface area contributed by atoms with Gasteiger partial charge in [0.15, 0.2) is 0 Å². The van der Waals surface area contributed by atoms with Gasteiger partial charge in [-0.15, -0.1) is 0 Å². The van der Waals surface area contributed by atoms with Crippen LogP contribution in [-0.2, 0) is 0 Å². The van der Waals surface area contributed by atoms with E-state index in [1.54, 1.807) is 19.3 Å². The lowest BCUT2D eigenvalue weighted by atomic mass is 10.1. The second-order valence-electron chi connectivity index (χ2n) is 2.86. The van der Waals surface area contributed by atoms with Crippen LogP contribution in [0.2, 0.25) is 0 Å². The van der Waals surface area contributed by atoms with E-state index in [9.17, 15) is 0 Å². The van der Waals surface area contributed by atoms with E-state index in [1.165, 1.54) is 0 Å². The molecule has 0 atom stereocenters. The summed E-state index contributed by atoms with van der Waals surface area (Å²) < 4.78 is 0. The Labute approximate surface area is 73.1 Å². The predicted octanol–water partition coefficient (Wildman–Crippen LogP) is 1.97. The molecular weight excluding hydrogens is 148 g/mol. The van der Waals surface area contributed by atoms with Gasteiger partial charge >= 0.3 is 0 Å². The molecule has 0 unspecified atom stereocenters. The summed E-state index contributed by atoms with van der Waals surface area (Å²) >= 11 is 0. The summed E-state index contributed by atoms with van der Waals surface area (Å²) in [6, 6.07) is 0. The van der Waals surface area contributed by atoms with Crippen LogP contribution in [0.3, 0.4) is 0 Å². The maximum atomic E-state index is 4.23. The van der Waals surface area contributed by atoms with Crippen molar-refractivity contribution in [3.05, 3.63) is 23.8 Å². The number of aromatic nitrogens is 2. The van der Waals surface area contributed by atoms with Gasteiger partial charge in [0.25, 0.3) is 0 Å². The van der Waals surface area contributed by atoms with E-state index in [0.717, 1.165) is 11.4 Å². The van der Waals surface area contributed by atoms with Crippen LogP contribution < -0.4 is 0 Å². The van der Waals surface area contributed by atoms with Crippen molar-refractivity contribution >= 4 is 0 Å². The molecule has 1 rings (SSSR count). The zero-order chi connectivity index (χ0) is 8.97. The van der Waals surface area contributed by atoms with Crippen LogP contribution in [0.5, 0.6) is 0 Å². The van der Waals surface area contributed by atoms with Gasteiger partial charge in [-0.05, 0) is 18.8 Å². The average Bonchev–Trinajstić information content (AvgIpc) is 2.06. The fourth-order valence-electron chi connectivity index (χ4n) is 0.829. The highest BCUT2D eigenvalue weighted by Crippen LogP contribution is 2.08. The highest BCUT2D eigenvalue weighted by atomic mass is 14.8. The van der Waals surface area contributed by atoms with Crippen molar-refractivity contribution in [1.82, 2.24) is 9.97 Å². The molecule has 0 aliphatic carbocycles. The van der Waals surface area contributed by atoms with E-state index in [2.05, 4.69) is 35.7 Å². The third kappa shape index (κ3) is 2.06. The van der Waals surface area contributed by atoms with E-state index in [1.807, 2.05) is 0 Å². The summed E-state index contributed by atoms with van der Waals surface area (Å²) in [4.78, 5) is 8.39. The summed E-state index contributed by atoms with van der Waals surface area (Å²) in [6.07, 6.45) is 3.50. The van der Waals surface area contributed by atoms with E-state index in [4.69, 9.17) is 0 Å². The number of rotatable bonds is 1. The van der Waals surface area contributed by atoms with Crippen LogP contribution in [-0.4, -0.2) is 9.97 Å². The van der Waals surface area contributed by atoms with Crippen LogP contribution in [0.15, 0.2) is 12.4 Å². The van der Waals surface area contributed by atoms with Crippen molar-refractivity contribution in [1.29, 1.82) is 0 Å². The molecular formula is C10H12N2. The summed E-state index contributed by atoms with van der Waals surface area (Å²) in [5.41, 5.74) is 1.75. The van der Waals surface area contributed by atoms with E-state index >= 15 is 0 Å². The normalized spacial score (nSPS) is 9.33. The predicted molar refractivity (Wildman–Crippen MR) is 48.7 cm³/mol. The number of hydrogen-bond donors (Lipinski definition) is 0. The molecule has 0 aliphatic rings. The molecule has 0 spiro atoms. The van der Waals surface area contributed by atoms with Gasteiger partial charge in [-0.2, -0.15) is 0 Å². The van der Waals surface area contributed by atoms with Crippen molar-refractivity contribution in [2.24, 2.45) is 0 Å². The molecule has 1 aromatic heterocycles. The van der Waals surface area contributed by atoms with Crippen molar-refractivity contribution in [2.45, 2.75) is 26.7 Å². The van der Waals surface area contributed by atoms with Crippen molar-refractivity contribution in [2.75, 3.05) is 0 Å². The van der Waals surface area contributed by atoms with Crippen molar-refractivity contribution in [3.8, 4) is 11.8 Å². The zero-order valence-corrected chi connectivity index (χ0v) is 7.63. The Hall–Kier alpha value is -1.36. The quantitative estimate of drug-likeness (QED) is 0.587. The molecule has 0 amide bonds. The Morgan fingerprint density at radius 1 is 1.25 bits per heavy atom. The van der Waals surface area contributed by atoms with Gasteiger partial charge in [0.2, 0.25) is 0 Å². The first-order valence-electron chi connectivity index (χ1n) is 3.98. The van der Waals surface area contributed by atoms with E-state index < -0.39 is 0 Å². The summed E-state index contributed by atoms with van der Waals surface area (Å²) in [7, 11) is 0. The molecule has 0 radical (unpaired) electrons. The standard InChI is InChI=1S/C10H12N2/c1-4-5-9-6-12-10(7-11-9)8(2)3/h6-8H,1-3H3. The van der Waals surface area contributed by atoms with Crippen LogP contribution in [0.1, 0.15) is 38.1 Å². The summed E-state index contributed by atoms with van der Waals surface area (Å²) in [5, 5.41) is 0. The molecule has 0 N–H and O–H groups in total. The van der Waals surface area contributed by atoms with Crippen LogP contribution in [0, 0.1) is 11.8 Å². The lowest BCUT2D eigenvalue weighted by Crippen LogP contribution is -1.94. The average molecular weight is 160 g/mol. The van der Waals surface area contributed by atoms with Crippen LogP contribution >= 0.6 is 0 Å². The zero-order valence-electron chi connectivity index (χ0n) is 7.63. The van der Waals surface area contributed by atoms with Crippen LogP contribution in [0.4, 0.5) is 0 Å². The van der Waals surface area contributed by atoms with Crippen molar-refractivity contribution in [3.63, 3.8) is 0 Å². The molecule has 0 aliphatic heterocycles. The number of nitrogens with zero attached hydrogens (tertiary/aromatic N) is 2. The highest BCUT2D eigenvalue weighted by molar-refractivity contribution is 5.24. The molecule has 12 heavy (non-hydrogen) atoms. The molecule has 1 aromatic rings. The number of hydrogen-bond acceptors (Lipinski definition) is 2. The Morgan fingerprint density at radius 3 is 2.42 bits per heavy atom. The summed E-state index contributed by atoms with van der Waals surface area (Å²) in [5.74, 6) is 6.06. The van der Waals surface area contributed by atoms with Gasteiger partial charge in [-0.1, -0.05) is 19.8 Å². The first-order valence-corrected chi connectivity index (χ1v) is 3.98. The molecule has 0 bridgehead atoms. The SMILES string of the molecule is CC#Cc1cnc(C(C)C)cn1. The Bertz CT molecular complexity index is 301. The summed E-state index contributed by atoms with van der Waals surface area (Å²) in [6.45, 7) is 5.97. The molecule has 0 saturated carbocycles. The third-order valence-corrected chi connectivity index (χ3v) is 1.52. The third-order valence-electron chi connectivity index (χ3n) is 1.52. The maximum absolute atomic E-state index is 4.23. The van der Waals surface area contributed by atoms with E-state index in [0.29, 0.717) is 5.92 Å². The molecule has 1 heterocycles. The van der Waals surface area contributed by atoms with Gasteiger partial charge in [-0.25, -0.2) is 4.98 Å². The monoisotopic (exact) mass is 160 g/mol. The second kappa shape index (κ2) is 3.87. The lowest BCUT2D eigenvalue weighted by molar-refractivity contribution is 0.810. The van der Waals surface area contributed by atoms with Crippen molar-refractivity contribution < 1.29 is 0 Å². The smallest absolute Gasteiger partial charge is 0.131 e. The highest BCUT2D eigenvalue weighted by Gasteiger charge is 1.99. The fraction of sp³-hybridized carbons (Fsp3) is 0.400. The minimum atomic E-state index is 0.432. The maximum Gasteiger partial charge on any atom is 0.131 e. The van der Waals surface area contributed by atoms with Gasteiger partial charge in [0, 0.05) is 0 Å². The first-order chi connectivity index (χ1) is 5.74. The Morgan fingerprint density at radius 2 is 2.00 bits per heavy atom. The Kier molecular flexibility index (Phi) is 2.82. The van der Waals surface area contributed by atoms with Gasteiger partial charge < -0.3 is 0 Å². The van der Waals surface area contributed by atoms with Gasteiger partial charge in [0.05, 0.1) is 18.1 Å². The molecule has 2 heteroatoms. The lowest BCUT2D eigenvalue weighted by Gasteiger charge is -2.01. The van der Waals surface area contributed by atoms with E-state index in [-0.39, 0.29) is 0 Å². The largest absolute Gasteiger partial charge is 0.256 e. The molecule has 0 saturated heterocycles. The van der Waals surface area contributed by atoms with Gasteiger partial charge in [-0.3, -0.25) is 4.98 Å². The first kappa shape index (κ1) is 8.73. The minimum absolute atomic E-state index is 0.432. The Balaban J connectivity index is 2.90. The molecule has 62 valence electrons. The fourth-order valence-corrected chi connectivity index (χ4v) is 0.829.